The van der Waals surface area contributed by atoms with Gasteiger partial charge in [-0.15, -0.1) is 0 Å². The van der Waals surface area contributed by atoms with Gasteiger partial charge in [-0.05, 0) is 28.1 Å². The number of likely N-dealkylation sites (N-methyl/N-ethyl adjacent to an activating group) is 1. The number of aliphatic hydroxyl groups is 1. The number of nitrogens with zero attached hydrogens (tertiary/aromatic N) is 3. The third-order valence-electron chi connectivity index (χ3n) is 1.73. The molecule has 1 amide bonds. The lowest BCUT2D eigenvalue weighted by Gasteiger charge is -2.26. The van der Waals surface area contributed by atoms with Gasteiger partial charge in [-0.1, -0.05) is 0 Å². The number of carbonyl (C=O) groups excluding carboxylic acids is 1. The summed E-state index contributed by atoms with van der Waals surface area (Å²) in [5.41, 5.74) is 0. The summed E-state index contributed by atoms with van der Waals surface area (Å²) in [7, 11) is 3.32. The Labute approximate surface area is 90.8 Å². The van der Waals surface area contributed by atoms with E-state index in [1.165, 1.54) is 9.91 Å². The van der Waals surface area contributed by atoms with Crippen LogP contribution in [0, 0.1) is 0 Å². The van der Waals surface area contributed by atoms with E-state index in [1.807, 2.05) is 0 Å². The molecular weight excluding hydrogens is 250 g/mol. The topological polar surface area (TPSA) is 56.1 Å². The van der Waals surface area contributed by atoms with Crippen LogP contribution in [-0.4, -0.2) is 52.4 Å². The lowest BCUT2D eigenvalue weighted by atomic mass is 10.4. The van der Waals surface area contributed by atoms with Crippen molar-refractivity contribution >= 4 is 26.5 Å². The highest BCUT2D eigenvalue weighted by Crippen LogP contribution is 2.09. The molecule has 1 heterocycles. The fourth-order valence-electron chi connectivity index (χ4n) is 0.889. The van der Waals surface area contributed by atoms with E-state index >= 15 is 0 Å². The summed E-state index contributed by atoms with van der Waals surface area (Å²) in [5.74, 6) is -0.108. The van der Waals surface area contributed by atoms with Crippen LogP contribution in [0.1, 0.15) is 0 Å². The van der Waals surface area contributed by atoms with Crippen molar-refractivity contribution in [2.75, 3.05) is 20.6 Å². The molecule has 1 atom stereocenters. The Hall–Kier alpha value is -0.880. The Morgan fingerprint density at radius 1 is 1.79 bits per heavy atom. The summed E-state index contributed by atoms with van der Waals surface area (Å²) in [6.45, 7) is 0.0631. The highest BCUT2D eigenvalue weighted by atomic mass is 79.9. The Morgan fingerprint density at radius 2 is 2.43 bits per heavy atom. The Kier molecular flexibility index (Phi) is 3.65. The Morgan fingerprint density at radius 3 is 3.00 bits per heavy atom. The van der Waals surface area contributed by atoms with Crippen LogP contribution in [-0.2, 0) is 4.79 Å². The minimum absolute atomic E-state index is 0.0631. The molecule has 0 saturated heterocycles. The van der Waals surface area contributed by atoms with E-state index in [4.69, 9.17) is 0 Å². The maximum Gasteiger partial charge on any atom is 0.243 e. The van der Waals surface area contributed by atoms with Gasteiger partial charge in [0.05, 0.1) is 0 Å². The zero-order valence-electron chi connectivity index (χ0n) is 8.01. The first kappa shape index (κ1) is 11.2. The molecule has 0 aromatic heterocycles. The molecule has 6 heteroatoms. The van der Waals surface area contributed by atoms with E-state index < -0.39 is 6.23 Å². The number of rotatable bonds is 2. The second-order valence-corrected chi connectivity index (χ2v) is 3.89. The summed E-state index contributed by atoms with van der Waals surface area (Å²) >= 11 is 3.17. The molecule has 1 unspecified atom stereocenters. The normalized spacial score (nSPS) is 20.7. The quantitative estimate of drug-likeness (QED) is 0.760. The smallest absolute Gasteiger partial charge is 0.243 e. The second kappa shape index (κ2) is 4.56. The number of amides is 1. The zero-order valence-corrected chi connectivity index (χ0v) is 9.60. The van der Waals surface area contributed by atoms with Crippen LogP contribution < -0.4 is 0 Å². The molecule has 0 saturated carbocycles. The molecule has 0 fully saturated rings. The molecule has 0 bridgehead atoms. The fourth-order valence-corrected chi connectivity index (χ4v) is 1.25. The number of halogens is 1. The van der Waals surface area contributed by atoms with Crippen molar-refractivity contribution in [3.05, 3.63) is 12.2 Å². The zero-order chi connectivity index (χ0) is 10.7. The van der Waals surface area contributed by atoms with Crippen LogP contribution in [0.25, 0.3) is 0 Å². The van der Waals surface area contributed by atoms with Gasteiger partial charge in [-0.3, -0.25) is 9.80 Å². The van der Waals surface area contributed by atoms with Gasteiger partial charge < -0.3 is 10.0 Å². The Balaban J connectivity index is 2.61. The SMILES string of the molecule is CN(C)C(=O)CN1N=C(Br)C=CC1O. The highest BCUT2D eigenvalue weighted by Gasteiger charge is 2.18. The predicted octanol–water partition coefficient (Wildman–Crippen LogP) is -0.0268. The lowest BCUT2D eigenvalue weighted by Crippen LogP contribution is -2.40. The van der Waals surface area contributed by atoms with Crippen molar-refractivity contribution in [1.29, 1.82) is 0 Å². The fraction of sp³-hybridized carbons (Fsp3) is 0.500. The molecule has 0 aliphatic carbocycles. The van der Waals surface area contributed by atoms with Gasteiger partial charge >= 0.3 is 0 Å². The predicted molar refractivity (Wildman–Crippen MR) is 56.9 cm³/mol. The van der Waals surface area contributed by atoms with Crippen LogP contribution >= 0.6 is 15.9 Å². The van der Waals surface area contributed by atoms with Gasteiger partial charge in [0, 0.05) is 14.1 Å². The van der Waals surface area contributed by atoms with Crippen molar-refractivity contribution < 1.29 is 9.90 Å². The maximum atomic E-state index is 11.3. The van der Waals surface area contributed by atoms with Crippen LogP contribution in [0.4, 0.5) is 0 Å². The average molecular weight is 262 g/mol. The minimum atomic E-state index is -0.833. The average Bonchev–Trinajstić information content (AvgIpc) is 2.11. The largest absolute Gasteiger partial charge is 0.369 e. The molecule has 1 aliphatic rings. The summed E-state index contributed by atoms with van der Waals surface area (Å²) < 4.78 is 0.592. The molecule has 14 heavy (non-hydrogen) atoms. The molecule has 0 radical (unpaired) electrons. The number of allylic oxidation sites excluding steroid dienone is 1. The first-order valence-corrected chi connectivity index (χ1v) is 4.87. The van der Waals surface area contributed by atoms with Crippen molar-refractivity contribution in [3.63, 3.8) is 0 Å². The Bertz CT molecular complexity index is 288. The van der Waals surface area contributed by atoms with Crippen molar-refractivity contribution in [1.82, 2.24) is 9.91 Å². The molecule has 0 spiro atoms. The van der Waals surface area contributed by atoms with E-state index in [0.717, 1.165) is 0 Å². The van der Waals surface area contributed by atoms with Crippen molar-refractivity contribution in [2.24, 2.45) is 5.10 Å². The maximum absolute atomic E-state index is 11.3. The van der Waals surface area contributed by atoms with Gasteiger partial charge in [0.1, 0.15) is 11.2 Å². The number of hydrazone groups is 1. The van der Waals surface area contributed by atoms with E-state index in [-0.39, 0.29) is 12.5 Å². The van der Waals surface area contributed by atoms with Crippen LogP contribution in [0.2, 0.25) is 0 Å². The van der Waals surface area contributed by atoms with Crippen LogP contribution in [0.15, 0.2) is 17.3 Å². The molecule has 1 rings (SSSR count). The number of carbonyl (C=O) groups is 1. The minimum Gasteiger partial charge on any atom is -0.369 e. The van der Waals surface area contributed by atoms with Gasteiger partial charge in [0.25, 0.3) is 0 Å². The first-order valence-electron chi connectivity index (χ1n) is 4.08. The molecule has 78 valence electrons. The van der Waals surface area contributed by atoms with Gasteiger partial charge in [-0.25, -0.2) is 0 Å². The summed E-state index contributed by atoms with van der Waals surface area (Å²) in [6.07, 6.45) is 2.36. The lowest BCUT2D eigenvalue weighted by molar-refractivity contribution is -0.132. The summed E-state index contributed by atoms with van der Waals surface area (Å²) in [5, 5.41) is 14.7. The molecular formula is C8H12BrN3O2. The third-order valence-corrected chi connectivity index (χ3v) is 2.15. The van der Waals surface area contributed by atoms with Crippen molar-refractivity contribution in [3.8, 4) is 0 Å². The van der Waals surface area contributed by atoms with Crippen molar-refractivity contribution in [2.45, 2.75) is 6.23 Å². The molecule has 0 aromatic carbocycles. The number of aliphatic hydroxyl groups excluding tert-OH is 1. The first-order chi connectivity index (χ1) is 6.50. The highest BCUT2D eigenvalue weighted by molar-refractivity contribution is 9.18. The standard InChI is InChI=1S/C8H12BrN3O2/c1-11(2)8(14)5-12-7(13)4-3-6(9)10-12/h3-4,7,13H,5H2,1-2H3. The van der Waals surface area contributed by atoms with E-state index in [9.17, 15) is 9.90 Å². The third kappa shape index (κ3) is 2.81. The second-order valence-electron chi connectivity index (χ2n) is 3.08. The van der Waals surface area contributed by atoms with Gasteiger partial charge in [0.15, 0.2) is 6.23 Å². The van der Waals surface area contributed by atoms with Gasteiger partial charge in [0.2, 0.25) is 5.91 Å². The molecule has 1 N–H and O–H groups in total. The van der Waals surface area contributed by atoms with E-state index in [2.05, 4.69) is 21.0 Å². The number of hydrogen-bond donors (Lipinski definition) is 1. The number of hydrogen-bond acceptors (Lipinski definition) is 4. The molecule has 5 nitrogen and oxygen atoms in total. The van der Waals surface area contributed by atoms with Crippen LogP contribution in [0.3, 0.4) is 0 Å². The molecule has 1 aliphatic heterocycles. The van der Waals surface area contributed by atoms with Gasteiger partial charge in [-0.2, -0.15) is 5.10 Å². The van der Waals surface area contributed by atoms with E-state index in [0.29, 0.717) is 4.62 Å². The summed E-state index contributed by atoms with van der Waals surface area (Å²) in [4.78, 5) is 12.8. The molecule has 0 aromatic rings. The summed E-state index contributed by atoms with van der Waals surface area (Å²) in [6, 6.07) is 0. The van der Waals surface area contributed by atoms with Crippen LogP contribution in [0.5, 0.6) is 0 Å². The monoisotopic (exact) mass is 261 g/mol. The van der Waals surface area contributed by atoms with E-state index in [1.54, 1.807) is 26.2 Å².